The molecule has 3 amide bonds. The standard InChI is InChI=1S/C21H27N3O3/c1-14-10-15(2)12-22(11-14)19(25)13-24-17-7-4-3-6-16(17)20(26)23-9-5-8-18(23)21(24)27/h3-4,6-7,14-15,18H,5,8-13H2,1-2H3/t14-,15-,18-/m0/s1. The summed E-state index contributed by atoms with van der Waals surface area (Å²) >= 11 is 0. The highest BCUT2D eigenvalue weighted by molar-refractivity contribution is 6.12. The van der Waals surface area contributed by atoms with Crippen LogP contribution in [0.3, 0.4) is 0 Å². The van der Waals surface area contributed by atoms with Gasteiger partial charge in [0, 0.05) is 19.6 Å². The molecule has 6 nitrogen and oxygen atoms in total. The monoisotopic (exact) mass is 369 g/mol. The summed E-state index contributed by atoms with van der Waals surface area (Å²) in [6.45, 7) is 6.41. The van der Waals surface area contributed by atoms with E-state index in [1.807, 2.05) is 17.0 Å². The van der Waals surface area contributed by atoms with Gasteiger partial charge >= 0.3 is 0 Å². The first kappa shape index (κ1) is 18.0. The van der Waals surface area contributed by atoms with Crippen molar-refractivity contribution in [1.82, 2.24) is 9.80 Å². The Bertz CT molecular complexity index is 768. The van der Waals surface area contributed by atoms with Gasteiger partial charge in [-0.2, -0.15) is 0 Å². The molecule has 144 valence electrons. The Labute approximate surface area is 160 Å². The molecule has 3 aliphatic rings. The topological polar surface area (TPSA) is 60.9 Å². The van der Waals surface area contributed by atoms with Crippen molar-refractivity contribution in [3.63, 3.8) is 0 Å². The molecular weight excluding hydrogens is 342 g/mol. The van der Waals surface area contributed by atoms with Crippen molar-refractivity contribution in [3.8, 4) is 0 Å². The molecule has 0 unspecified atom stereocenters. The molecule has 3 aliphatic heterocycles. The Hall–Kier alpha value is -2.37. The van der Waals surface area contributed by atoms with Gasteiger partial charge in [0.25, 0.3) is 5.91 Å². The van der Waals surface area contributed by atoms with Gasteiger partial charge in [0.05, 0.1) is 11.3 Å². The maximum absolute atomic E-state index is 13.2. The molecule has 0 aliphatic carbocycles. The number of hydrogen-bond acceptors (Lipinski definition) is 3. The Morgan fingerprint density at radius 3 is 2.56 bits per heavy atom. The average Bonchev–Trinajstić information content (AvgIpc) is 3.11. The van der Waals surface area contributed by atoms with Crippen LogP contribution in [0.1, 0.15) is 43.5 Å². The van der Waals surface area contributed by atoms with Crippen molar-refractivity contribution in [2.45, 2.75) is 39.2 Å². The van der Waals surface area contributed by atoms with Crippen LogP contribution in [0.15, 0.2) is 24.3 Å². The summed E-state index contributed by atoms with van der Waals surface area (Å²) in [5, 5.41) is 0. The maximum Gasteiger partial charge on any atom is 0.256 e. The van der Waals surface area contributed by atoms with Crippen molar-refractivity contribution >= 4 is 23.4 Å². The highest BCUT2D eigenvalue weighted by Crippen LogP contribution is 2.32. The van der Waals surface area contributed by atoms with Gasteiger partial charge in [0.2, 0.25) is 11.8 Å². The van der Waals surface area contributed by atoms with Crippen molar-refractivity contribution in [1.29, 1.82) is 0 Å². The van der Waals surface area contributed by atoms with Gasteiger partial charge in [-0.25, -0.2) is 0 Å². The minimum Gasteiger partial charge on any atom is -0.341 e. The molecule has 0 radical (unpaired) electrons. The van der Waals surface area contributed by atoms with Gasteiger partial charge in [0.1, 0.15) is 12.6 Å². The zero-order valence-electron chi connectivity index (χ0n) is 16.1. The van der Waals surface area contributed by atoms with Gasteiger partial charge in [-0.3, -0.25) is 14.4 Å². The number of para-hydroxylation sites is 1. The number of carbonyl (C=O) groups excluding carboxylic acids is 3. The predicted octanol–water partition coefficient (Wildman–Crippen LogP) is 2.14. The molecule has 0 saturated carbocycles. The number of hydrogen-bond donors (Lipinski definition) is 0. The molecule has 0 aromatic heterocycles. The summed E-state index contributed by atoms with van der Waals surface area (Å²) in [4.78, 5) is 44.3. The molecule has 0 bridgehead atoms. The Morgan fingerprint density at radius 1 is 1.11 bits per heavy atom. The lowest BCUT2D eigenvalue weighted by molar-refractivity contribution is -0.134. The number of likely N-dealkylation sites (tertiary alicyclic amines) is 1. The molecule has 1 aromatic carbocycles. The molecule has 27 heavy (non-hydrogen) atoms. The number of carbonyl (C=O) groups is 3. The highest BCUT2D eigenvalue weighted by atomic mass is 16.2. The lowest BCUT2D eigenvalue weighted by Gasteiger charge is -2.36. The van der Waals surface area contributed by atoms with Crippen LogP contribution in [0, 0.1) is 11.8 Å². The van der Waals surface area contributed by atoms with Gasteiger partial charge < -0.3 is 14.7 Å². The molecule has 3 heterocycles. The fraction of sp³-hybridized carbons (Fsp3) is 0.571. The number of piperidine rings is 1. The maximum atomic E-state index is 13.2. The zero-order chi connectivity index (χ0) is 19.1. The summed E-state index contributed by atoms with van der Waals surface area (Å²) in [6, 6.07) is 6.72. The van der Waals surface area contributed by atoms with Crippen molar-refractivity contribution < 1.29 is 14.4 Å². The largest absolute Gasteiger partial charge is 0.341 e. The number of rotatable bonds is 2. The molecule has 2 saturated heterocycles. The molecule has 6 heteroatoms. The van der Waals surface area contributed by atoms with E-state index in [1.54, 1.807) is 21.9 Å². The second-order valence-corrected chi connectivity index (χ2v) is 8.34. The summed E-state index contributed by atoms with van der Waals surface area (Å²) in [5.74, 6) is 0.678. The van der Waals surface area contributed by atoms with Crippen LogP contribution >= 0.6 is 0 Å². The normalized spacial score (nSPS) is 28.1. The molecule has 0 spiro atoms. The van der Waals surface area contributed by atoms with Crippen LogP contribution in [-0.4, -0.2) is 59.7 Å². The fourth-order valence-corrected chi connectivity index (χ4v) is 4.87. The van der Waals surface area contributed by atoms with Crippen LogP contribution in [0.2, 0.25) is 0 Å². The molecule has 3 atom stereocenters. The van der Waals surface area contributed by atoms with E-state index in [4.69, 9.17) is 0 Å². The van der Waals surface area contributed by atoms with Gasteiger partial charge in [-0.1, -0.05) is 26.0 Å². The number of amides is 3. The summed E-state index contributed by atoms with van der Waals surface area (Å²) < 4.78 is 0. The van der Waals surface area contributed by atoms with Crippen LogP contribution < -0.4 is 4.90 Å². The predicted molar refractivity (Wildman–Crippen MR) is 102 cm³/mol. The van der Waals surface area contributed by atoms with E-state index in [0.29, 0.717) is 36.1 Å². The first-order valence-electron chi connectivity index (χ1n) is 9.95. The first-order chi connectivity index (χ1) is 13.0. The highest BCUT2D eigenvalue weighted by Gasteiger charge is 2.42. The number of nitrogens with zero attached hydrogens (tertiary/aromatic N) is 3. The summed E-state index contributed by atoms with van der Waals surface area (Å²) in [6.07, 6.45) is 2.62. The van der Waals surface area contributed by atoms with Crippen LogP contribution in [0.4, 0.5) is 5.69 Å². The van der Waals surface area contributed by atoms with Crippen LogP contribution in [0.5, 0.6) is 0 Å². The number of benzene rings is 1. The molecule has 4 rings (SSSR count). The minimum atomic E-state index is -0.447. The first-order valence-corrected chi connectivity index (χ1v) is 9.95. The van der Waals surface area contributed by atoms with Crippen LogP contribution in [-0.2, 0) is 9.59 Å². The van der Waals surface area contributed by atoms with E-state index in [1.165, 1.54) is 0 Å². The minimum absolute atomic E-state index is 0.00685. The lowest BCUT2D eigenvalue weighted by Crippen LogP contribution is -2.51. The van der Waals surface area contributed by atoms with Crippen molar-refractivity contribution in [3.05, 3.63) is 29.8 Å². The van der Waals surface area contributed by atoms with Crippen molar-refractivity contribution in [2.24, 2.45) is 11.8 Å². The van der Waals surface area contributed by atoms with Gasteiger partial charge in [0.15, 0.2) is 0 Å². The zero-order valence-corrected chi connectivity index (χ0v) is 16.1. The lowest BCUT2D eigenvalue weighted by atomic mass is 9.92. The second-order valence-electron chi connectivity index (χ2n) is 8.34. The third-order valence-electron chi connectivity index (χ3n) is 6.00. The SMILES string of the molecule is C[C@H]1C[C@H](C)CN(C(=O)CN2C(=O)[C@@H]3CCCN3C(=O)c3ccccc32)C1. The Morgan fingerprint density at radius 2 is 1.81 bits per heavy atom. The number of fused-ring (bicyclic) bond motifs is 2. The second kappa shape index (κ2) is 6.98. The van der Waals surface area contributed by atoms with E-state index >= 15 is 0 Å². The number of anilines is 1. The molecular formula is C21H27N3O3. The molecule has 2 fully saturated rings. The Balaban J connectivity index is 1.64. The average molecular weight is 369 g/mol. The van der Waals surface area contributed by atoms with Crippen LogP contribution in [0.25, 0.3) is 0 Å². The van der Waals surface area contributed by atoms with E-state index < -0.39 is 6.04 Å². The van der Waals surface area contributed by atoms with E-state index in [2.05, 4.69) is 13.8 Å². The van der Waals surface area contributed by atoms with E-state index in [-0.39, 0.29) is 24.3 Å². The summed E-state index contributed by atoms with van der Waals surface area (Å²) in [7, 11) is 0. The molecule has 0 N–H and O–H groups in total. The molecule has 1 aromatic rings. The van der Waals surface area contributed by atoms with E-state index in [0.717, 1.165) is 25.9 Å². The third-order valence-corrected chi connectivity index (χ3v) is 6.00. The van der Waals surface area contributed by atoms with Crippen molar-refractivity contribution in [2.75, 3.05) is 31.1 Å². The Kier molecular flexibility index (Phi) is 4.66. The summed E-state index contributed by atoms with van der Waals surface area (Å²) in [5.41, 5.74) is 1.08. The third kappa shape index (κ3) is 3.22. The smallest absolute Gasteiger partial charge is 0.256 e. The van der Waals surface area contributed by atoms with E-state index in [9.17, 15) is 14.4 Å². The quantitative estimate of drug-likeness (QED) is 0.802. The van der Waals surface area contributed by atoms with Gasteiger partial charge in [-0.15, -0.1) is 0 Å². The fourth-order valence-electron chi connectivity index (χ4n) is 4.87. The van der Waals surface area contributed by atoms with Gasteiger partial charge in [-0.05, 0) is 43.2 Å².